The average molecular weight is 262 g/mol. The normalized spacial score (nSPS) is 10.3. The van der Waals surface area contributed by atoms with E-state index in [4.69, 9.17) is 10.5 Å². The third-order valence-electron chi connectivity index (χ3n) is 2.49. The molecule has 0 saturated carbocycles. The number of hydrogen-bond donors (Lipinski definition) is 1. The first-order chi connectivity index (χ1) is 8.76. The van der Waals surface area contributed by atoms with Crippen LogP contribution < -0.4 is 10.5 Å². The van der Waals surface area contributed by atoms with Crippen molar-refractivity contribution in [3.63, 3.8) is 0 Å². The summed E-state index contributed by atoms with van der Waals surface area (Å²) in [4.78, 5) is 16.6. The minimum Gasteiger partial charge on any atom is -0.496 e. The van der Waals surface area contributed by atoms with E-state index in [0.717, 1.165) is 5.01 Å². The van der Waals surface area contributed by atoms with Gasteiger partial charge in [-0.1, -0.05) is 12.1 Å². The number of hydrogen-bond acceptors (Lipinski definition) is 5. The Balaban J connectivity index is 2.29. The van der Waals surface area contributed by atoms with Gasteiger partial charge in [-0.3, -0.25) is 4.79 Å². The summed E-state index contributed by atoms with van der Waals surface area (Å²) in [5, 5.41) is 2.65. The molecule has 1 aromatic heterocycles. The second-order valence-electron chi connectivity index (χ2n) is 3.69. The van der Waals surface area contributed by atoms with Crippen LogP contribution in [0.25, 0.3) is 0 Å². The minimum absolute atomic E-state index is 0.119. The summed E-state index contributed by atoms with van der Waals surface area (Å²) in [6.07, 6.45) is 0.698. The maximum atomic E-state index is 12.3. The van der Waals surface area contributed by atoms with Crippen LogP contribution >= 0.6 is 11.3 Å². The van der Waals surface area contributed by atoms with E-state index in [1.54, 1.807) is 24.6 Å². The van der Waals surface area contributed by atoms with Crippen molar-refractivity contribution in [3.05, 3.63) is 45.9 Å². The maximum Gasteiger partial charge on any atom is 0.215 e. The third kappa shape index (κ3) is 2.57. The zero-order chi connectivity index (χ0) is 13.0. The lowest BCUT2D eigenvalue weighted by Crippen LogP contribution is -2.06. The number of carbonyl (C=O) groups is 1. The molecule has 0 aliphatic rings. The van der Waals surface area contributed by atoms with Gasteiger partial charge in [0.05, 0.1) is 17.7 Å². The summed E-state index contributed by atoms with van der Waals surface area (Å²) in [5.74, 6) is 0.447. The van der Waals surface area contributed by atoms with Gasteiger partial charge in [0.2, 0.25) is 5.78 Å². The van der Waals surface area contributed by atoms with Crippen LogP contribution in [0.3, 0.4) is 0 Å². The number of ether oxygens (including phenoxy) is 1. The SMILES string of the molecule is COc1ccccc1C(=O)c1csc(CCN)n1. The Morgan fingerprint density at radius 1 is 1.44 bits per heavy atom. The van der Waals surface area contributed by atoms with Crippen LogP contribution in [0.2, 0.25) is 0 Å². The Bertz CT molecular complexity index is 551. The second kappa shape index (κ2) is 5.75. The Morgan fingerprint density at radius 3 is 2.94 bits per heavy atom. The average Bonchev–Trinajstić information content (AvgIpc) is 2.87. The highest BCUT2D eigenvalue weighted by Crippen LogP contribution is 2.22. The quantitative estimate of drug-likeness (QED) is 0.836. The second-order valence-corrected chi connectivity index (χ2v) is 4.64. The van der Waals surface area contributed by atoms with Gasteiger partial charge in [-0.2, -0.15) is 0 Å². The molecule has 0 fully saturated rings. The standard InChI is InChI=1S/C13H14N2O2S/c1-17-11-5-3-2-4-9(11)13(16)10-8-18-12(15-10)6-7-14/h2-5,8H,6-7,14H2,1H3. The molecule has 2 rings (SSSR count). The fraction of sp³-hybridized carbons (Fsp3) is 0.231. The molecule has 0 aliphatic carbocycles. The van der Waals surface area contributed by atoms with Crippen LogP contribution in [0.15, 0.2) is 29.6 Å². The number of nitrogens with zero attached hydrogens (tertiary/aromatic N) is 1. The first kappa shape index (κ1) is 12.7. The molecule has 18 heavy (non-hydrogen) atoms. The molecular formula is C13H14N2O2S. The molecule has 0 saturated heterocycles. The number of ketones is 1. The van der Waals surface area contributed by atoms with E-state index in [-0.39, 0.29) is 5.78 Å². The summed E-state index contributed by atoms with van der Waals surface area (Å²) in [6, 6.07) is 7.14. The molecule has 1 heterocycles. The fourth-order valence-corrected chi connectivity index (χ4v) is 2.42. The molecular weight excluding hydrogens is 248 g/mol. The van der Waals surface area contributed by atoms with E-state index in [1.165, 1.54) is 11.3 Å². The number of thiazole rings is 1. The van der Waals surface area contributed by atoms with Gasteiger partial charge < -0.3 is 10.5 Å². The van der Waals surface area contributed by atoms with Crippen LogP contribution in [-0.2, 0) is 6.42 Å². The Labute approximate surface area is 109 Å². The lowest BCUT2D eigenvalue weighted by atomic mass is 10.1. The van der Waals surface area contributed by atoms with Crippen LogP contribution in [0, 0.1) is 0 Å². The van der Waals surface area contributed by atoms with E-state index in [0.29, 0.717) is 30.0 Å². The molecule has 2 aromatic rings. The zero-order valence-corrected chi connectivity index (χ0v) is 10.9. The molecule has 0 aliphatic heterocycles. The van der Waals surface area contributed by atoms with Crippen molar-refractivity contribution < 1.29 is 9.53 Å². The van der Waals surface area contributed by atoms with Gasteiger partial charge in [-0.15, -0.1) is 11.3 Å². The van der Waals surface area contributed by atoms with Crippen molar-refractivity contribution >= 4 is 17.1 Å². The highest BCUT2D eigenvalue weighted by molar-refractivity contribution is 7.09. The molecule has 0 unspecified atom stereocenters. The highest BCUT2D eigenvalue weighted by Gasteiger charge is 2.16. The molecule has 94 valence electrons. The summed E-state index contributed by atoms with van der Waals surface area (Å²) < 4.78 is 5.18. The lowest BCUT2D eigenvalue weighted by Gasteiger charge is -2.05. The van der Waals surface area contributed by atoms with Crippen molar-refractivity contribution in [3.8, 4) is 5.75 Å². The van der Waals surface area contributed by atoms with Gasteiger partial charge in [-0.25, -0.2) is 4.98 Å². The maximum absolute atomic E-state index is 12.3. The monoisotopic (exact) mass is 262 g/mol. The first-order valence-corrected chi connectivity index (χ1v) is 6.46. The number of methoxy groups -OCH3 is 1. The minimum atomic E-state index is -0.119. The smallest absolute Gasteiger partial charge is 0.215 e. The largest absolute Gasteiger partial charge is 0.496 e. The predicted molar refractivity (Wildman–Crippen MR) is 71.3 cm³/mol. The van der Waals surface area contributed by atoms with Crippen LogP contribution in [0.5, 0.6) is 5.75 Å². The topological polar surface area (TPSA) is 65.2 Å². The van der Waals surface area contributed by atoms with Crippen molar-refractivity contribution in [2.24, 2.45) is 5.73 Å². The highest BCUT2D eigenvalue weighted by atomic mass is 32.1. The van der Waals surface area contributed by atoms with E-state index in [2.05, 4.69) is 4.98 Å². The van der Waals surface area contributed by atoms with Gasteiger partial charge in [0, 0.05) is 11.8 Å². The third-order valence-corrected chi connectivity index (χ3v) is 3.40. The van der Waals surface area contributed by atoms with Gasteiger partial charge in [0.1, 0.15) is 11.4 Å². The van der Waals surface area contributed by atoms with Crippen molar-refractivity contribution in [2.45, 2.75) is 6.42 Å². The summed E-state index contributed by atoms with van der Waals surface area (Å²) in [7, 11) is 1.55. The van der Waals surface area contributed by atoms with Crippen molar-refractivity contribution in [1.82, 2.24) is 4.98 Å². The molecule has 0 spiro atoms. The molecule has 4 nitrogen and oxygen atoms in total. The number of rotatable bonds is 5. The summed E-state index contributed by atoms with van der Waals surface area (Å²) in [5.41, 5.74) is 6.45. The summed E-state index contributed by atoms with van der Waals surface area (Å²) in [6.45, 7) is 0.538. The van der Waals surface area contributed by atoms with E-state index >= 15 is 0 Å². The number of benzene rings is 1. The number of nitrogens with two attached hydrogens (primary N) is 1. The predicted octanol–water partition coefficient (Wildman–Crippen LogP) is 1.88. The Kier molecular flexibility index (Phi) is 4.07. The van der Waals surface area contributed by atoms with Gasteiger partial charge in [0.25, 0.3) is 0 Å². The summed E-state index contributed by atoms with van der Waals surface area (Å²) >= 11 is 1.46. The molecule has 0 radical (unpaired) electrons. The molecule has 0 amide bonds. The van der Waals surface area contributed by atoms with Crippen molar-refractivity contribution in [1.29, 1.82) is 0 Å². The van der Waals surface area contributed by atoms with E-state index in [1.807, 2.05) is 12.1 Å². The molecule has 1 aromatic carbocycles. The van der Waals surface area contributed by atoms with Crippen LogP contribution in [-0.4, -0.2) is 24.4 Å². The van der Waals surface area contributed by atoms with Crippen LogP contribution in [0.1, 0.15) is 21.1 Å². The van der Waals surface area contributed by atoms with Gasteiger partial charge in [-0.05, 0) is 18.7 Å². The zero-order valence-electron chi connectivity index (χ0n) is 10.1. The molecule has 5 heteroatoms. The molecule has 0 bridgehead atoms. The fourth-order valence-electron chi connectivity index (χ4n) is 1.62. The first-order valence-electron chi connectivity index (χ1n) is 5.58. The van der Waals surface area contributed by atoms with Gasteiger partial charge in [0.15, 0.2) is 0 Å². The van der Waals surface area contributed by atoms with Gasteiger partial charge >= 0.3 is 0 Å². The van der Waals surface area contributed by atoms with E-state index < -0.39 is 0 Å². The number of carbonyl (C=O) groups excluding carboxylic acids is 1. The van der Waals surface area contributed by atoms with Crippen LogP contribution in [0.4, 0.5) is 0 Å². The van der Waals surface area contributed by atoms with E-state index in [9.17, 15) is 4.79 Å². The Hall–Kier alpha value is -1.72. The number of aromatic nitrogens is 1. The lowest BCUT2D eigenvalue weighted by molar-refractivity contribution is 0.103. The number of para-hydroxylation sites is 1. The molecule has 0 atom stereocenters. The van der Waals surface area contributed by atoms with Crippen molar-refractivity contribution in [2.75, 3.05) is 13.7 Å². The molecule has 2 N–H and O–H groups in total. The Morgan fingerprint density at radius 2 is 2.22 bits per heavy atom.